The highest BCUT2D eigenvalue weighted by Gasteiger charge is 2.23. The van der Waals surface area contributed by atoms with E-state index in [0.717, 1.165) is 28.4 Å². The molecule has 150 valence electrons. The van der Waals surface area contributed by atoms with Crippen molar-refractivity contribution in [2.45, 2.75) is 26.4 Å². The van der Waals surface area contributed by atoms with Gasteiger partial charge in [-0.05, 0) is 29.7 Å². The smallest absolute Gasteiger partial charge is 0.317 e. The van der Waals surface area contributed by atoms with Crippen molar-refractivity contribution in [1.29, 1.82) is 0 Å². The summed E-state index contributed by atoms with van der Waals surface area (Å²) in [5, 5.41) is 3.15. The summed E-state index contributed by atoms with van der Waals surface area (Å²) in [7, 11) is 3.42. The summed E-state index contributed by atoms with van der Waals surface area (Å²) >= 11 is 0. The van der Waals surface area contributed by atoms with Gasteiger partial charge in [-0.25, -0.2) is 4.79 Å². The predicted octanol–water partition coefficient (Wildman–Crippen LogP) is 4.01. The van der Waals surface area contributed by atoms with Crippen molar-refractivity contribution in [1.82, 2.24) is 10.2 Å². The van der Waals surface area contributed by atoms with E-state index in [-0.39, 0.29) is 18.0 Å². The zero-order valence-electron chi connectivity index (χ0n) is 16.9. The topological polar surface area (TPSA) is 60.0 Å². The van der Waals surface area contributed by atoms with Crippen LogP contribution in [0.2, 0.25) is 0 Å². The molecule has 0 aromatic heterocycles. The number of fused-ring (bicyclic) bond motifs is 1. The molecular weight excluding hydrogens is 356 g/mol. The first-order valence-electron chi connectivity index (χ1n) is 9.52. The molecule has 1 aliphatic heterocycles. The Hall–Kier alpha value is -2.89. The quantitative estimate of drug-likeness (QED) is 0.818. The number of nitrogens with zero attached hydrogens (tertiary/aromatic N) is 1. The van der Waals surface area contributed by atoms with Gasteiger partial charge in [-0.2, -0.15) is 0 Å². The fraction of sp³-hybridized carbons (Fsp3) is 0.409. The minimum Gasteiger partial charge on any atom is -0.496 e. The molecule has 2 aromatic carbocycles. The van der Waals surface area contributed by atoms with Gasteiger partial charge in [0.1, 0.15) is 19.0 Å². The summed E-state index contributed by atoms with van der Waals surface area (Å²) in [6.45, 7) is 5.73. The van der Waals surface area contributed by atoms with Crippen molar-refractivity contribution >= 4 is 6.03 Å². The van der Waals surface area contributed by atoms with Gasteiger partial charge in [0, 0.05) is 12.6 Å². The molecule has 0 bridgehead atoms. The zero-order chi connectivity index (χ0) is 20.1. The molecule has 0 radical (unpaired) electrons. The average molecular weight is 384 g/mol. The number of hydrogen-bond acceptors (Lipinski definition) is 4. The molecule has 0 saturated heterocycles. The van der Waals surface area contributed by atoms with Crippen LogP contribution in [0.3, 0.4) is 0 Å². The van der Waals surface area contributed by atoms with Gasteiger partial charge < -0.3 is 24.4 Å². The molecule has 0 aliphatic carbocycles. The maximum atomic E-state index is 12.8. The average Bonchev–Trinajstić information content (AvgIpc) is 2.71. The molecule has 0 spiro atoms. The lowest BCUT2D eigenvalue weighted by molar-refractivity contribution is 0.171. The van der Waals surface area contributed by atoms with Crippen LogP contribution in [-0.4, -0.2) is 38.3 Å². The minimum atomic E-state index is -0.139. The molecule has 1 heterocycles. The van der Waals surface area contributed by atoms with Crippen LogP contribution in [0, 0.1) is 5.92 Å². The number of carbonyl (C=O) groups excluding carboxylic acids is 1. The van der Waals surface area contributed by atoms with E-state index in [1.807, 2.05) is 42.5 Å². The van der Waals surface area contributed by atoms with Gasteiger partial charge in [0.25, 0.3) is 0 Å². The van der Waals surface area contributed by atoms with Crippen molar-refractivity contribution in [3.05, 3.63) is 53.6 Å². The lowest BCUT2D eigenvalue weighted by Gasteiger charge is -2.28. The third kappa shape index (κ3) is 4.50. The second kappa shape index (κ2) is 8.87. The highest BCUT2D eigenvalue weighted by atomic mass is 16.6. The Kier molecular flexibility index (Phi) is 6.29. The van der Waals surface area contributed by atoms with E-state index in [1.165, 1.54) is 0 Å². The molecule has 0 unspecified atom stereocenters. The molecule has 2 aromatic rings. The lowest BCUT2D eigenvalue weighted by Crippen LogP contribution is -2.40. The summed E-state index contributed by atoms with van der Waals surface area (Å²) in [4.78, 5) is 14.5. The van der Waals surface area contributed by atoms with E-state index in [4.69, 9.17) is 14.2 Å². The third-order valence-corrected chi connectivity index (χ3v) is 4.82. The van der Waals surface area contributed by atoms with E-state index < -0.39 is 0 Å². The first kappa shape index (κ1) is 19.9. The van der Waals surface area contributed by atoms with Gasteiger partial charge >= 0.3 is 6.03 Å². The predicted molar refractivity (Wildman–Crippen MR) is 108 cm³/mol. The molecule has 2 amide bonds. The molecule has 0 fully saturated rings. The summed E-state index contributed by atoms with van der Waals surface area (Å²) < 4.78 is 16.7. The first-order valence-corrected chi connectivity index (χ1v) is 9.52. The Bertz CT molecular complexity index is 822. The Balaban J connectivity index is 1.72. The van der Waals surface area contributed by atoms with Crippen LogP contribution < -0.4 is 19.5 Å². The van der Waals surface area contributed by atoms with Gasteiger partial charge in [-0.1, -0.05) is 38.1 Å². The van der Waals surface area contributed by atoms with Gasteiger partial charge in [0.15, 0.2) is 11.5 Å². The molecular formula is C22H28N2O4. The van der Waals surface area contributed by atoms with Crippen LogP contribution >= 0.6 is 0 Å². The van der Waals surface area contributed by atoms with Crippen LogP contribution in [0.25, 0.3) is 0 Å². The molecule has 1 N–H and O–H groups in total. The summed E-state index contributed by atoms with van der Waals surface area (Å²) in [5.74, 6) is 2.46. The van der Waals surface area contributed by atoms with Crippen molar-refractivity contribution in [3.63, 3.8) is 0 Å². The van der Waals surface area contributed by atoms with Crippen LogP contribution in [0.4, 0.5) is 4.79 Å². The van der Waals surface area contributed by atoms with Crippen molar-refractivity contribution in [2.75, 3.05) is 27.4 Å². The number of para-hydroxylation sites is 1. The summed E-state index contributed by atoms with van der Waals surface area (Å²) in [5.41, 5.74) is 1.96. The van der Waals surface area contributed by atoms with E-state index >= 15 is 0 Å². The largest absolute Gasteiger partial charge is 0.496 e. The molecule has 6 nitrogen and oxygen atoms in total. The number of ether oxygens (including phenoxy) is 3. The Labute approximate surface area is 166 Å². The standard InChI is InChI=1S/C22H28N2O4/c1-15(2)21(16-9-10-19-20(13-16)28-12-11-27-19)23-22(25)24(3)14-17-7-5-6-8-18(17)26-4/h5-10,13,15,21H,11-12,14H2,1-4H3,(H,23,25)/t21-/m1/s1. The number of amides is 2. The van der Waals surface area contributed by atoms with Gasteiger partial charge in [-0.15, -0.1) is 0 Å². The van der Waals surface area contributed by atoms with Crippen LogP contribution in [-0.2, 0) is 6.54 Å². The molecule has 1 atom stereocenters. The lowest BCUT2D eigenvalue weighted by atomic mass is 9.95. The summed E-state index contributed by atoms with van der Waals surface area (Å²) in [6.07, 6.45) is 0. The molecule has 3 rings (SSSR count). The second-order valence-corrected chi connectivity index (χ2v) is 7.24. The van der Waals surface area contributed by atoms with Gasteiger partial charge in [0.05, 0.1) is 19.7 Å². The minimum absolute atomic E-state index is 0.136. The molecule has 6 heteroatoms. The maximum Gasteiger partial charge on any atom is 0.317 e. The van der Waals surface area contributed by atoms with Crippen LogP contribution in [0.1, 0.15) is 31.0 Å². The third-order valence-electron chi connectivity index (χ3n) is 4.82. The highest BCUT2D eigenvalue weighted by molar-refractivity contribution is 5.74. The van der Waals surface area contributed by atoms with Crippen LogP contribution in [0.5, 0.6) is 17.2 Å². The van der Waals surface area contributed by atoms with Crippen molar-refractivity contribution in [2.24, 2.45) is 5.92 Å². The second-order valence-electron chi connectivity index (χ2n) is 7.24. The molecule has 0 saturated carbocycles. The molecule has 28 heavy (non-hydrogen) atoms. The Morgan fingerprint density at radius 3 is 2.57 bits per heavy atom. The maximum absolute atomic E-state index is 12.8. The Morgan fingerprint density at radius 1 is 1.14 bits per heavy atom. The van der Waals surface area contributed by atoms with Gasteiger partial charge in [-0.3, -0.25) is 0 Å². The Morgan fingerprint density at radius 2 is 1.86 bits per heavy atom. The number of urea groups is 1. The highest BCUT2D eigenvalue weighted by Crippen LogP contribution is 2.34. The van der Waals surface area contributed by atoms with E-state index in [0.29, 0.717) is 19.8 Å². The van der Waals surface area contributed by atoms with E-state index in [1.54, 1.807) is 19.1 Å². The van der Waals surface area contributed by atoms with Gasteiger partial charge in [0.2, 0.25) is 0 Å². The summed E-state index contributed by atoms with van der Waals surface area (Å²) in [6, 6.07) is 13.3. The number of carbonyl (C=O) groups is 1. The number of benzene rings is 2. The normalized spacial score (nSPS) is 13.8. The number of rotatable bonds is 6. The van der Waals surface area contributed by atoms with Crippen molar-refractivity contribution < 1.29 is 19.0 Å². The fourth-order valence-corrected chi connectivity index (χ4v) is 3.29. The zero-order valence-corrected chi connectivity index (χ0v) is 16.9. The fourth-order valence-electron chi connectivity index (χ4n) is 3.29. The number of hydrogen-bond donors (Lipinski definition) is 1. The SMILES string of the molecule is COc1ccccc1CN(C)C(=O)N[C@@H](c1ccc2c(c1)OCCO2)C(C)C. The molecule has 1 aliphatic rings. The number of nitrogens with one attached hydrogen (secondary N) is 1. The van der Waals surface area contributed by atoms with E-state index in [2.05, 4.69) is 19.2 Å². The first-order chi connectivity index (χ1) is 13.5. The number of methoxy groups -OCH3 is 1. The van der Waals surface area contributed by atoms with Crippen molar-refractivity contribution in [3.8, 4) is 17.2 Å². The van der Waals surface area contributed by atoms with E-state index in [9.17, 15) is 4.79 Å². The monoisotopic (exact) mass is 384 g/mol. The van der Waals surface area contributed by atoms with Crippen LogP contribution in [0.15, 0.2) is 42.5 Å².